The van der Waals surface area contributed by atoms with Crippen LogP contribution in [0.25, 0.3) is 0 Å². The van der Waals surface area contributed by atoms with Crippen LogP contribution in [0.4, 0.5) is 0 Å². The Morgan fingerprint density at radius 2 is 2.06 bits per heavy atom. The molecule has 0 fully saturated rings. The lowest BCUT2D eigenvalue weighted by Crippen LogP contribution is -2.27. The van der Waals surface area contributed by atoms with Gasteiger partial charge in [0, 0.05) is 19.2 Å². The Balaban J connectivity index is 2.51. The summed E-state index contributed by atoms with van der Waals surface area (Å²) >= 11 is 0. The predicted molar refractivity (Wildman–Crippen MR) is 62.3 cm³/mol. The van der Waals surface area contributed by atoms with Gasteiger partial charge in [0.15, 0.2) is 0 Å². The summed E-state index contributed by atoms with van der Waals surface area (Å²) in [5, 5.41) is 8.49. The van der Waals surface area contributed by atoms with Crippen molar-refractivity contribution in [3.8, 4) is 0 Å². The smallest absolute Gasteiger partial charge is 0.303 e. The number of hydrogen-bond donors (Lipinski definition) is 1. The molecule has 1 rings (SSSR count). The third-order valence-corrected chi connectivity index (χ3v) is 2.32. The third-order valence-electron chi connectivity index (χ3n) is 2.32. The molecule has 0 spiro atoms. The SMILES string of the molecule is Cc1cccc(CN(C)C(=O)CCC(=O)O)n1. The van der Waals surface area contributed by atoms with Gasteiger partial charge in [0.05, 0.1) is 18.7 Å². The zero-order valence-electron chi connectivity index (χ0n) is 10.0. The number of aromatic nitrogens is 1. The summed E-state index contributed by atoms with van der Waals surface area (Å²) in [7, 11) is 1.65. The van der Waals surface area contributed by atoms with E-state index in [0.29, 0.717) is 6.54 Å². The first-order chi connectivity index (χ1) is 7.99. The van der Waals surface area contributed by atoms with Crippen molar-refractivity contribution in [1.29, 1.82) is 0 Å². The van der Waals surface area contributed by atoms with Gasteiger partial charge in [-0.15, -0.1) is 0 Å². The predicted octanol–water partition coefficient (Wildman–Crippen LogP) is 1.21. The van der Waals surface area contributed by atoms with Crippen LogP contribution >= 0.6 is 0 Å². The summed E-state index contributed by atoms with van der Waals surface area (Å²) in [4.78, 5) is 27.7. The number of rotatable bonds is 5. The van der Waals surface area contributed by atoms with E-state index in [1.165, 1.54) is 4.90 Å². The van der Waals surface area contributed by atoms with E-state index in [2.05, 4.69) is 4.98 Å². The molecule has 5 heteroatoms. The molecule has 0 radical (unpaired) electrons. The summed E-state index contributed by atoms with van der Waals surface area (Å²) in [5.41, 5.74) is 1.70. The lowest BCUT2D eigenvalue weighted by molar-refractivity contribution is -0.140. The fraction of sp³-hybridized carbons (Fsp3) is 0.417. The molecular formula is C12H16N2O3. The van der Waals surface area contributed by atoms with E-state index >= 15 is 0 Å². The number of carbonyl (C=O) groups excluding carboxylic acids is 1. The number of aliphatic carboxylic acids is 1. The summed E-state index contributed by atoms with van der Waals surface area (Å²) in [6.45, 7) is 2.29. The quantitative estimate of drug-likeness (QED) is 0.834. The van der Waals surface area contributed by atoms with Crippen LogP contribution in [-0.2, 0) is 16.1 Å². The van der Waals surface area contributed by atoms with Crippen LogP contribution in [0.15, 0.2) is 18.2 Å². The van der Waals surface area contributed by atoms with Gasteiger partial charge in [0.25, 0.3) is 0 Å². The maximum atomic E-state index is 11.6. The van der Waals surface area contributed by atoms with Gasteiger partial charge in [-0.2, -0.15) is 0 Å². The largest absolute Gasteiger partial charge is 0.481 e. The minimum absolute atomic E-state index is 0.0254. The number of carboxylic acid groups (broad SMARTS) is 1. The molecule has 0 aliphatic rings. The Labute approximate surface area is 100 Å². The minimum atomic E-state index is -0.958. The molecule has 0 aliphatic carbocycles. The van der Waals surface area contributed by atoms with Gasteiger partial charge in [-0.1, -0.05) is 6.07 Å². The van der Waals surface area contributed by atoms with E-state index < -0.39 is 5.97 Å². The lowest BCUT2D eigenvalue weighted by Gasteiger charge is -2.16. The van der Waals surface area contributed by atoms with Gasteiger partial charge in [-0.3, -0.25) is 14.6 Å². The molecule has 5 nitrogen and oxygen atoms in total. The van der Waals surface area contributed by atoms with E-state index in [9.17, 15) is 9.59 Å². The van der Waals surface area contributed by atoms with Gasteiger partial charge >= 0.3 is 5.97 Å². The van der Waals surface area contributed by atoms with E-state index in [1.54, 1.807) is 7.05 Å². The molecule has 0 saturated carbocycles. The maximum absolute atomic E-state index is 11.6. The molecule has 1 heterocycles. The molecule has 0 bridgehead atoms. The summed E-state index contributed by atoms with van der Waals surface area (Å²) < 4.78 is 0. The van der Waals surface area contributed by atoms with Crippen LogP contribution in [0.2, 0.25) is 0 Å². The zero-order valence-corrected chi connectivity index (χ0v) is 10.0. The van der Waals surface area contributed by atoms with Crippen LogP contribution in [-0.4, -0.2) is 33.9 Å². The molecule has 1 aromatic heterocycles. The van der Waals surface area contributed by atoms with Gasteiger partial charge < -0.3 is 10.0 Å². The Morgan fingerprint density at radius 3 is 2.65 bits per heavy atom. The highest BCUT2D eigenvalue weighted by Crippen LogP contribution is 2.04. The zero-order chi connectivity index (χ0) is 12.8. The lowest BCUT2D eigenvalue weighted by atomic mass is 10.2. The molecule has 0 aromatic carbocycles. The van der Waals surface area contributed by atoms with Crippen molar-refractivity contribution in [3.63, 3.8) is 0 Å². The van der Waals surface area contributed by atoms with E-state index in [-0.39, 0.29) is 18.7 Å². The fourth-order valence-corrected chi connectivity index (χ4v) is 1.42. The highest BCUT2D eigenvalue weighted by Gasteiger charge is 2.11. The molecule has 0 atom stereocenters. The van der Waals surface area contributed by atoms with Gasteiger partial charge in [-0.25, -0.2) is 0 Å². The minimum Gasteiger partial charge on any atom is -0.481 e. The number of carbonyl (C=O) groups is 2. The number of carboxylic acids is 1. The molecule has 1 aromatic rings. The van der Waals surface area contributed by atoms with Crippen LogP contribution in [0.5, 0.6) is 0 Å². The van der Waals surface area contributed by atoms with Crippen LogP contribution in [0.1, 0.15) is 24.2 Å². The van der Waals surface area contributed by atoms with Crippen molar-refractivity contribution >= 4 is 11.9 Å². The van der Waals surface area contributed by atoms with E-state index in [1.807, 2.05) is 25.1 Å². The topological polar surface area (TPSA) is 70.5 Å². The third kappa shape index (κ3) is 4.63. The van der Waals surface area contributed by atoms with Crippen molar-refractivity contribution in [2.24, 2.45) is 0 Å². The summed E-state index contributed by atoms with van der Waals surface area (Å²) in [6, 6.07) is 5.61. The van der Waals surface area contributed by atoms with Gasteiger partial charge in [0.2, 0.25) is 5.91 Å². The first kappa shape index (κ1) is 13.2. The Hall–Kier alpha value is -1.91. The second-order valence-electron chi connectivity index (χ2n) is 3.91. The normalized spacial score (nSPS) is 10.0. The number of amides is 1. The van der Waals surface area contributed by atoms with E-state index in [0.717, 1.165) is 11.4 Å². The highest BCUT2D eigenvalue weighted by molar-refractivity contribution is 5.80. The summed E-state index contributed by atoms with van der Waals surface area (Å²) in [5.74, 6) is -1.14. The van der Waals surface area contributed by atoms with Crippen LogP contribution < -0.4 is 0 Å². The molecule has 1 amide bonds. The number of nitrogens with zero attached hydrogens (tertiary/aromatic N) is 2. The number of pyridine rings is 1. The van der Waals surface area contributed by atoms with Crippen LogP contribution in [0.3, 0.4) is 0 Å². The first-order valence-electron chi connectivity index (χ1n) is 5.37. The Bertz CT molecular complexity index is 418. The fourth-order valence-electron chi connectivity index (χ4n) is 1.42. The average Bonchev–Trinajstić information content (AvgIpc) is 2.25. The summed E-state index contributed by atoms with van der Waals surface area (Å²) in [6.07, 6.45) is -0.109. The molecule has 17 heavy (non-hydrogen) atoms. The molecule has 0 saturated heterocycles. The molecule has 92 valence electrons. The monoisotopic (exact) mass is 236 g/mol. The van der Waals surface area contributed by atoms with Crippen molar-refractivity contribution in [2.75, 3.05) is 7.05 Å². The standard InChI is InChI=1S/C12H16N2O3/c1-9-4-3-5-10(13-9)8-14(2)11(15)6-7-12(16)17/h3-5H,6-8H2,1-2H3,(H,16,17). The second kappa shape index (κ2) is 5.98. The molecular weight excluding hydrogens is 220 g/mol. The molecule has 0 unspecified atom stereocenters. The van der Waals surface area contributed by atoms with Gasteiger partial charge in [-0.05, 0) is 19.1 Å². The highest BCUT2D eigenvalue weighted by atomic mass is 16.4. The Morgan fingerprint density at radius 1 is 1.35 bits per heavy atom. The van der Waals surface area contributed by atoms with Crippen molar-refractivity contribution in [1.82, 2.24) is 9.88 Å². The average molecular weight is 236 g/mol. The maximum Gasteiger partial charge on any atom is 0.303 e. The van der Waals surface area contributed by atoms with Crippen LogP contribution in [0, 0.1) is 6.92 Å². The van der Waals surface area contributed by atoms with Crippen molar-refractivity contribution in [3.05, 3.63) is 29.6 Å². The van der Waals surface area contributed by atoms with E-state index in [4.69, 9.17) is 5.11 Å². The first-order valence-corrected chi connectivity index (χ1v) is 5.37. The molecule has 1 N–H and O–H groups in total. The number of aryl methyl sites for hydroxylation is 1. The van der Waals surface area contributed by atoms with Crippen molar-refractivity contribution < 1.29 is 14.7 Å². The number of hydrogen-bond acceptors (Lipinski definition) is 3. The molecule has 0 aliphatic heterocycles. The second-order valence-corrected chi connectivity index (χ2v) is 3.91. The Kier molecular flexibility index (Phi) is 4.63. The van der Waals surface area contributed by atoms with Crippen molar-refractivity contribution in [2.45, 2.75) is 26.3 Å². The van der Waals surface area contributed by atoms with Gasteiger partial charge in [0.1, 0.15) is 0 Å².